The Morgan fingerprint density at radius 1 is 1.31 bits per heavy atom. The summed E-state index contributed by atoms with van der Waals surface area (Å²) in [5.74, 6) is -0.467. The molecule has 2 heterocycles. The topological polar surface area (TPSA) is 101 Å². The molecule has 3 N–H and O–H groups in total. The number of aliphatic hydroxyl groups is 1. The van der Waals surface area contributed by atoms with Crippen LogP contribution in [-0.2, 0) is 11.2 Å². The number of nitrogens with zero attached hydrogens (tertiary/aromatic N) is 1. The number of hydrogen-bond donors (Lipinski definition) is 3. The van der Waals surface area contributed by atoms with Crippen LogP contribution in [0.3, 0.4) is 0 Å². The van der Waals surface area contributed by atoms with Gasteiger partial charge in [0.15, 0.2) is 5.78 Å². The average molecular weight is 397 g/mol. The van der Waals surface area contributed by atoms with Crippen molar-refractivity contribution in [3.05, 3.63) is 65.0 Å². The molecule has 1 amide bonds. The molecule has 7 nitrogen and oxygen atoms in total. The van der Waals surface area contributed by atoms with Gasteiger partial charge in [-0.15, -0.1) is 0 Å². The summed E-state index contributed by atoms with van der Waals surface area (Å²) in [5.41, 5.74) is 2.34. The van der Waals surface area contributed by atoms with Gasteiger partial charge in [-0.3, -0.25) is 9.59 Å². The van der Waals surface area contributed by atoms with Crippen molar-refractivity contribution >= 4 is 11.7 Å². The Morgan fingerprint density at radius 2 is 2.10 bits per heavy atom. The summed E-state index contributed by atoms with van der Waals surface area (Å²) in [7, 11) is 1.53. The van der Waals surface area contributed by atoms with Crippen molar-refractivity contribution in [3.63, 3.8) is 0 Å². The predicted octanol–water partition coefficient (Wildman–Crippen LogP) is 1.34. The van der Waals surface area contributed by atoms with Gasteiger partial charge < -0.3 is 20.5 Å². The zero-order valence-electron chi connectivity index (χ0n) is 16.6. The lowest BCUT2D eigenvalue weighted by Gasteiger charge is -2.27. The first-order valence-corrected chi connectivity index (χ1v) is 9.87. The van der Waals surface area contributed by atoms with Crippen molar-refractivity contribution in [1.29, 1.82) is 0 Å². The number of ether oxygens (including phenoxy) is 1. The second-order valence-corrected chi connectivity index (χ2v) is 7.12. The molecule has 0 bridgehead atoms. The van der Waals surface area contributed by atoms with E-state index in [-0.39, 0.29) is 29.9 Å². The number of aromatic nitrogens is 1. The smallest absolute Gasteiger partial charge is 0.269 e. The third kappa shape index (κ3) is 5.93. The molecule has 29 heavy (non-hydrogen) atoms. The Hall–Kier alpha value is -2.61. The Bertz CT molecular complexity index is 835. The van der Waals surface area contributed by atoms with Crippen LogP contribution >= 0.6 is 0 Å². The molecular weight excluding hydrogens is 370 g/mol. The Morgan fingerprint density at radius 3 is 2.79 bits per heavy atom. The lowest BCUT2D eigenvalue weighted by atomic mass is 9.99. The normalized spacial score (nSPS) is 17.5. The number of aliphatic hydroxyl groups excluding tert-OH is 1. The minimum atomic E-state index is -0.712. The number of hydrogen-bond acceptors (Lipinski definition) is 6. The number of rotatable bonds is 8. The Balaban J connectivity index is 1.72. The maximum Gasteiger partial charge on any atom is 0.269 e. The van der Waals surface area contributed by atoms with Gasteiger partial charge in [0.1, 0.15) is 5.69 Å². The highest BCUT2D eigenvalue weighted by Crippen LogP contribution is 2.16. The van der Waals surface area contributed by atoms with Gasteiger partial charge in [0.05, 0.1) is 18.8 Å². The third-order valence-electron chi connectivity index (χ3n) is 4.94. The number of carbonyl (C=O) groups is 2. The summed E-state index contributed by atoms with van der Waals surface area (Å²) in [6, 6.07) is 13.0. The quantitative estimate of drug-likeness (QED) is 0.582. The maximum absolute atomic E-state index is 12.8. The number of nitrogens with one attached hydrogen (secondary N) is 2. The number of carbonyl (C=O) groups excluding carboxylic acids is 2. The molecule has 3 rings (SSSR count). The molecule has 1 aromatic heterocycles. The van der Waals surface area contributed by atoms with Crippen LogP contribution < -0.4 is 10.6 Å². The van der Waals surface area contributed by atoms with Crippen molar-refractivity contribution in [3.8, 4) is 0 Å². The summed E-state index contributed by atoms with van der Waals surface area (Å²) in [6.07, 6.45) is -0.0180. The van der Waals surface area contributed by atoms with Crippen LogP contribution in [0.4, 0.5) is 0 Å². The van der Waals surface area contributed by atoms with Crippen LogP contribution in [0.25, 0.3) is 0 Å². The first-order chi connectivity index (χ1) is 14.1. The van der Waals surface area contributed by atoms with Gasteiger partial charge in [-0.25, -0.2) is 4.98 Å². The monoisotopic (exact) mass is 397 g/mol. The van der Waals surface area contributed by atoms with E-state index in [1.165, 1.54) is 13.1 Å². The molecule has 1 aromatic carbocycles. The Kier molecular flexibility index (Phi) is 7.46. The second-order valence-electron chi connectivity index (χ2n) is 7.12. The van der Waals surface area contributed by atoms with E-state index in [9.17, 15) is 14.7 Å². The fourth-order valence-electron chi connectivity index (χ4n) is 3.33. The average Bonchev–Trinajstić information content (AvgIpc) is 2.77. The van der Waals surface area contributed by atoms with Gasteiger partial charge >= 0.3 is 0 Å². The predicted molar refractivity (Wildman–Crippen MR) is 109 cm³/mol. The van der Waals surface area contributed by atoms with Crippen molar-refractivity contribution in [1.82, 2.24) is 15.6 Å². The first kappa shape index (κ1) is 21.1. The fourth-order valence-corrected chi connectivity index (χ4v) is 3.33. The summed E-state index contributed by atoms with van der Waals surface area (Å²) in [4.78, 5) is 29.3. The van der Waals surface area contributed by atoms with Crippen molar-refractivity contribution in [2.75, 3.05) is 26.7 Å². The minimum absolute atomic E-state index is 0.130. The minimum Gasteiger partial charge on any atom is -0.390 e. The van der Waals surface area contributed by atoms with E-state index in [0.29, 0.717) is 37.3 Å². The lowest BCUT2D eigenvalue weighted by Crippen LogP contribution is -2.45. The van der Waals surface area contributed by atoms with Crippen molar-refractivity contribution in [2.24, 2.45) is 0 Å². The van der Waals surface area contributed by atoms with E-state index < -0.39 is 6.10 Å². The molecule has 2 aromatic rings. The second kappa shape index (κ2) is 10.2. The number of Topliss-reactive ketones (excluding diaryl/α,β-unsaturated/α-hetero) is 1. The Labute approximate surface area is 170 Å². The van der Waals surface area contributed by atoms with E-state index in [1.54, 1.807) is 6.07 Å². The standard InChI is InChI=1S/C22H27N3O4/c1-23-22(28)18-13-16(12-17(25-18)11-15-5-3-2-4-6-15)19(26)7-8-20(27)21-14-24-9-10-29-21/h2-6,12-13,20-21,24,27H,7-11,14H2,1H3,(H,23,28)/t20-,21-/m0/s1. The van der Waals surface area contributed by atoms with Crippen molar-refractivity contribution in [2.45, 2.75) is 31.5 Å². The SMILES string of the molecule is CNC(=O)c1cc(C(=O)CC[C@H](O)[C@@H]2CNCCO2)cc(Cc2ccccc2)n1. The third-order valence-corrected chi connectivity index (χ3v) is 4.94. The van der Waals surface area contributed by atoms with Crippen molar-refractivity contribution < 1.29 is 19.4 Å². The lowest BCUT2D eigenvalue weighted by molar-refractivity contribution is -0.0545. The number of amides is 1. The largest absolute Gasteiger partial charge is 0.390 e. The van der Waals surface area contributed by atoms with Gasteiger partial charge in [0.2, 0.25) is 0 Å². The first-order valence-electron chi connectivity index (χ1n) is 9.87. The molecule has 0 radical (unpaired) electrons. The fraction of sp³-hybridized carbons (Fsp3) is 0.409. The van der Waals surface area contributed by atoms with Crippen LogP contribution in [0.2, 0.25) is 0 Å². The number of morpholine rings is 1. The zero-order chi connectivity index (χ0) is 20.6. The number of pyridine rings is 1. The van der Waals surface area contributed by atoms with E-state index >= 15 is 0 Å². The van der Waals surface area contributed by atoms with Gasteiger partial charge in [0, 0.05) is 44.2 Å². The van der Waals surface area contributed by atoms with E-state index in [1.807, 2.05) is 30.3 Å². The molecular formula is C22H27N3O4. The molecule has 0 aliphatic carbocycles. The van der Waals surface area contributed by atoms with E-state index in [4.69, 9.17) is 4.74 Å². The molecule has 0 saturated carbocycles. The molecule has 2 atom stereocenters. The van der Waals surface area contributed by atoms with Gasteiger partial charge in [-0.2, -0.15) is 0 Å². The number of ketones is 1. The molecule has 0 spiro atoms. The highest BCUT2D eigenvalue weighted by atomic mass is 16.5. The van der Waals surface area contributed by atoms with Crippen LogP contribution in [0, 0.1) is 0 Å². The highest BCUT2D eigenvalue weighted by Gasteiger charge is 2.23. The van der Waals surface area contributed by atoms with Gasteiger partial charge in [0.25, 0.3) is 5.91 Å². The molecule has 1 aliphatic rings. The van der Waals surface area contributed by atoms with Crippen LogP contribution in [0.1, 0.15) is 44.9 Å². The van der Waals surface area contributed by atoms with Gasteiger partial charge in [-0.1, -0.05) is 30.3 Å². The summed E-state index contributed by atoms with van der Waals surface area (Å²) >= 11 is 0. The summed E-state index contributed by atoms with van der Waals surface area (Å²) in [6.45, 7) is 1.90. The zero-order valence-corrected chi connectivity index (χ0v) is 16.6. The summed E-state index contributed by atoms with van der Waals surface area (Å²) < 4.78 is 5.54. The van der Waals surface area contributed by atoms with E-state index in [2.05, 4.69) is 15.6 Å². The number of benzene rings is 1. The molecule has 154 valence electrons. The highest BCUT2D eigenvalue weighted by molar-refractivity contribution is 5.99. The molecule has 1 aliphatic heterocycles. The summed E-state index contributed by atoms with van der Waals surface area (Å²) in [5, 5.41) is 16.0. The molecule has 1 saturated heterocycles. The van der Waals surface area contributed by atoms with Crippen LogP contribution in [-0.4, -0.2) is 60.7 Å². The molecule has 7 heteroatoms. The molecule has 0 unspecified atom stereocenters. The van der Waals surface area contributed by atoms with Gasteiger partial charge in [-0.05, 0) is 24.1 Å². The molecule has 1 fully saturated rings. The maximum atomic E-state index is 12.8. The van der Waals surface area contributed by atoms with E-state index in [0.717, 1.165) is 12.1 Å². The van der Waals surface area contributed by atoms with Crippen LogP contribution in [0.15, 0.2) is 42.5 Å². The van der Waals surface area contributed by atoms with Crippen LogP contribution in [0.5, 0.6) is 0 Å².